The molecule has 0 heterocycles. The maximum Gasteiger partial charge on any atom is 0.341 e. The first-order chi connectivity index (χ1) is 7.84. The standard InChI is InChI=1S/C9H6I3NO4/c10-3-1-4(11)8(17-2-5(14)15)7(12)6(3)9(13)16/h1H,2H2,(H2,13,16)(H,14,15). The van der Waals surface area contributed by atoms with Gasteiger partial charge in [0.25, 0.3) is 5.91 Å². The largest absolute Gasteiger partial charge is 0.480 e. The lowest BCUT2D eigenvalue weighted by atomic mass is 10.2. The van der Waals surface area contributed by atoms with Crippen molar-refractivity contribution in [2.75, 3.05) is 6.61 Å². The van der Waals surface area contributed by atoms with Crippen molar-refractivity contribution in [2.45, 2.75) is 0 Å². The Morgan fingerprint density at radius 3 is 2.35 bits per heavy atom. The van der Waals surface area contributed by atoms with Crippen LogP contribution in [0.1, 0.15) is 10.4 Å². The van der Waals surface area contributed by atoms with Crippen molar-refractivity contribution >= 4 is 79.6 Å². The topological polar surface area (TPSA) is 89.6 Å². The molecule has 0 spiro atoms. The predicted octanol–water partition coefficient (Wildman–Crippen LogP) is 2.06. The van der Waals surface area contributed by atoms with E-state index < -0.39 is 18.5 Å². The number of carbonyl (C=O) groups is 2. The smallest absolute Gasteiger partial charge is 0.341 e. The van der Waals surface area contributed by atoms with E-state index in [-0.39, 0.29) is 0 Å². The lowest BCUT2D eigenvalue weighted by molar-refractivity contribution is -0.139. The zero-order valence-corrected chi connectivity index (χ0v) is 14.6. The molecule has 0 aliphatic heterocycles. The lowest BCUT2D eigenvalue weighted by Gasteiger charge is -2.12. The summed E-state index contributed by atoms with van der Waals surface area (Å²) < 4.78 is 7.14. The van der Waals surface area contributed by atoms with E-state index in [0.29, 0.717) is 18.5 Å². The summed E-state index contributed by atoms with van der Waals surface area (Å²) >= 11 is 5.95. The summed E-state index contributed by atoms with van der Waals surface area (Å²) in [6.45, 7) is -0.454. The van der Waals surface area contributed by atoms with Gasteiger partial charge in [0, 0.05) is 3.57 Å². The van der Waals surface area contributed by atoms with Gasteiger partial charge in [-0.3, -0.25) is 4.79 Å². The Morgan fingerprint density at radius 1 is 1.29 bits per heavy atom. The van der Waals surface area contributed by atoms with Crippen LogP contribution in [0.25, 0.3) is 0 Å². The van der Waals surface area contributed by atoms with Crippen molar-refractivity contribution in [2.24, 2.45) is 5.73 Å². The molecular weight excluding hydrogens is 567 g/mol. The van der Waals surface area contributed by atoms with Crippen molar-refractivity contribution in [1.29, 1.82) is 0 Å². The van der Waals surface area contributed by atoms with E-state index in [1.54, 1.807) is 6.07 Å². The molecule has 5 nitrogen and oxygen atoms in total. The van der Waals surface area contributed by atoms with Gasteiger partial charge in [-0.1, -0.05) is 0 Å². The minimum Gasteiger partial charge on any atom is -0.480 e. The third-order valence-corrected chi connectivity index (χ3v) is 4.40. The van der Waals surface area contributed by atoms with Crippen molar-refractivity contribution in [3.05, 3.63) is 22.3 Å². The molecule has 8 heteroatoms. The fourth-order valence-electron chi connectivity index (χ4n) is 1.06. The molecule has 0 unspecified atom stereocenters. The summed E-state index contributed by atoms with van der Waals surface area (Å²) in [6, 6.07) is 1.72. The third-order valence-electron chi connectivity index (χ3n) is 1.71. The zero-order chi connectivity index (χ0) is 13.2. The van der Waals surface area contributed by atoms with Gasteiger partial charge in [-0.25, -0.2) is 4.79 Å². The Kier molecular flexibility index (Phi) is 5.69. The van der Waals surface area contributed by atoms with Crippen LogP contribution in [-0.2, 0) is 4.79 Å². The number of amides is 1. The van der Waals surface area contributed by atoms with E-state index in [9.17, 15) is 9.59 Å². The number of rotatable bonds is 4. The zero-order valence-electron chi connectivity index (χ0n) is 8.17. The van der Waals surface area contributed by atoms with Crippen molar-refractivity contribution in [3.8, 4) is 5.75 Å². The highest BCUT2D eigenvalue weighted by Gasteiger charge is 2.19. The Morgan fingerprint density at radius 2 is 1.88 bits per heavy atom. The highest BCUT2D eigenvalue weighted by atomic mass is 127. The van der Waals surface area contributed by atoms with Gasteiger partial charge in [-0.05, 0) is 73.8 Å². The highest BCUT2D eigenvalue weighted by molar-refractivity contribution is 14.1. The summed E-state index contributed by atoms with van der Waals surface area (Å²) in [6.07, 6.45) is 0. The number of halogens is 3. The van der Waals surface area contributed by atoms with E-state index in [1.807, 2.05) is 67.8 Å². The molecule has 1 aromatic rings. The Bertz CT molecular complexity index is 490. The summed E-state index contributed by atoms with van der Waals surface area (Å²) in [5, 5.41) is 8.57. The Hall–Kier alpha value is 0.150. The van der Waals surface area contributed by atoms with Crippen LogP contribution >= 0.6 is 67.8 Å². The first kappa shape index (κ1) is 15.2. The maximum atomic E-state index is 11.3. The maximum absolute atomic E-state index is 11.3. The molecule has 0 fully saturated rings. The van der Waals surface area contributed by atoms with Crippen molar-refractivity contribution in [1.82, 2.24) is 0 Å². The minimum absolute atomic E-state index is 0.354. The second-order valence-electron chi connectivity index (χ2n) is 2.90. The molecule has 92 valence electrons. The molecule has 1 aromatic carbocycles. The summed E-state index contributed by atoms with van der Waals surface area (Å²) in [4.78, 5) is 21.7. The predicted molar refractivity (Wildman–Crippen MR) is 86.2 cm³/mol. The molecule has 0 aliphatic rings. The van der Waals surface area contributed by atoms with E-state index in [2.05, 4.69) is 0 Å². The molecule has 0 bridgehead atoms. The van der Waals surface area contributed by atoms with Crippen LogP contribution < -0.4 is 10.5 Å². The normalized spacial score (nSPS) is 10.1. The molecule has 0 saturated carbocycles. The van der Waals surface area contributed by atoms with Crippen LogP contribution in [0.5, 0.6) is 5.75 Å². The SMILES string of the molecule is NC(=O)c1c(I)cc(I)c(OCC(=O)O)c1I. The molecule has 1 rings (SSSR count). The highest BCUT2D eigenvalue weighted by Crippen LogP contribution is 2.33. The second-order valence-corrected chi connectivity index (χ2v) is 6.31. The molecule has 0 aliphatic carbocycles. The van der Waals surface area contributed by atoms with Gasteiger partial charge < -0.3 is 15.6 Å². The fourth-order valence-corrected chi connectivity index (χ4v) is 5.28. The summed E-state index contributed by atoms with van der Waals surface area (Å²) in [5.41, 5.74) is 5.62. The molecule has 0 atom stereocenters. The lowest BCUT2D eigenvalue weighted by Crippen LogP contribution is -2.17. The van der Waals surface area contributed by atoms with Crippen LogP contribution in [0.2, 0.25) is 0 Å². The van der Waals surface area contributed by atoms with Crippen molar-refractivity contribution < 1.29 is 19.4 Å². The first-order valence-electron chi connectivity index (χ1n) is 4.16. The van der Waals surface area contributed by atoms with E-state index in [0.717, 1.165) is 3.57 Å². The number of ether oxygens (including phenoxy) is 1. The molecule has 3 N–H and O–H groups in total. The molecular formula is C9H6I3NO4. The van der Waals surface area contributed by atoms with Crippen LogP contribution in [-0.4, -0.2) is 23.6 Å². The fraction of sp³-hybridized carbons (Fsp3) is 0.111. The van der Waals surface area contributed by atoms with E-state index >= 15 is 0 Å². The van der Waals surface area contributed by atoms with Crippen molar-refractivity contribution in [3.63, 3.8) is 0 Å². The number of carbonyl (C=O) groups excluding carboxylic acids is 1. The number of carboxylic acid groups (broad SMARTS) is 1. The van der Waals surface area contributed by atoms with Crippen LogP contribution in [0.15, 0.2) is 6.07 Å². The number of primary amides is 1. The molecule has 0 aromatic heterocycles. The molecule has 0 radical (unpaired) electrons. The number of nitrogens with two attached hydrogens (primary N) is 1. The van der Waals surface area contributed by atoms with E-state index in [1.165, 1.54) is 0 Å². The number of hydrogen-bond donors (Lipinski definition) is 2. The second kappa shape index (κ2) is 6.36. The number of hydrogen-bond acceptors (Lipinski definition) is 3. The number of aliphatic carboxylic acids is 1. The van der Waals surface area contributed by atoms with Gasteiger partial charge >= 0.3 is 5.97 Å². The van der Waals surface area contributed by atoms with Crippen LogP contribution in [0, 0.1) is 10.7 Å². The monoisotopic (exact) mass is 573 g/mol. The molecule has 1 amide bonds. The van der Waals surface area contributed by atoms with Gasteiger partial charge in [0.2, 0.25) is 0 Å². The number of carboxylic acids is 1. The number of benzene rings is 1. The third kappa shape index (κ3) is 3.81. The average Bonchev–Trinajstić information content (AvgIpc) is 2.14. The quantitative estimate of drug-likeness (QED) is 0.541. The average molecular weight is 573 g/mol. The van der Waals surface area contributed by atoms with Gasteiger partial charge in [-0.15, -0.1) is 0 Å². The Balaban J connectivity index is 3.25. The molecule has 17 heavy (non-hydrogen) atoms. The molecule has 0 saturated heterocycles. The summed E-state index contributed by atoms with van der Waals surface area (Å²) in [7, 11) is 0. The van der Waals surface area contributed by atoms with Gasteiger partial charge in [0.05, 0.1) is 12.7 Å². The minimum atomic E-state index is -1.07. The Labute approximate surface area is 138 Å². The van der Waals surface area contributed by atoms with E-state index in [4.69, 9.17) is 15.6 Å². The van der Waals surface area contributed by atoms with Gasteiger partial charge in [-0.2, -0.15) is 0 Å². The first-order valence-corrected chi connectivity index (χ1v) is 7.40. The van der Waals surface area contributed by atoms with Crippen LogP contribution in [0.3, 0.4) is 0 Å². The van der Waals surface area contributed by atoms with Gasteiger partial charge in [0.15, 0.2) is 6.61 Å². The van der Waals surface area contributed by atoms with Gasteiger partial charge in [0.1, 0.15) is 5.75 Å². The summed E-state index contributed by atoms with van der Waals surface area (Å²) in [5.74, 6) is -1.26. The van der Waals surface area contributed by atoms with Crippen LogP contribution in [0.4, 0.5) is 0 Å².